The van der Waals surface area contributed by atoms with Crippen LogP contribution < -0.4 is 0 Å². The van der Waals surface area contributed by atoms with Crippen LogP contribution in [-0.2, 0) is 6.42 Å². The van der Waals surface area contributed by atoms with Crippen LogP contribution in [0, 0.1) is 0 Å². The average Bonchev–Trinajstić information content (AvgIpc) is 2.59. The van der Waals surface area contributed by atoms with Gasteiger partial charge in [0.15, 0.2) is 0 Å². The van der Waals surface area contributed by atoms with E-state index >= 15 is 0 Å². The number of allylic oxidation sites excluding steroid dienone is 5. The van der Waals surface area contributed by atoms with E-state index in [-0.39, 0.29) is 0 Å². The maximum Gasteiger partial charge on any atom is -0.00820 e. The maximum atomic E-state index is 2.30. The molecule has 1 aliphatic rings. The van der Waals surface area contributed by atoms with Crippen LogP contribution in [0.3, 0.4) is 0 Å². The van der Waals surface area contributed by atoms with Gasteiger partial charge in [-0.15, -0.1) is 0 Å². The quantitative estimate of drug-likeness (QED) is 0.439. The smallest absolute Gasteiger partial charge is 0.00820 e. The first-order valence-electron chi connectivity index (χ1n) is 7.86. The van der Waals surface area contributed by atoms with E-state index in [2.05, 4.69) is 85.0 Å². The van der Waals surface area contributed by atoms with Crippen LogP contribution in [-0.4, -0.2) is 0 Å². The highest BCUT2D eigenvalue weighted by Crippen LogP contribution is 2.34. The fraction of sp³-hybridized carbons (Fsp3) is 0.0909. The predicted octanol–water partition coefficient (Wildman–Crippen LogP) is 6.06. The standard InChI is InChI=1S/C22H18/c1-2-4-6-12-18-17(11-5-3-1)19-13-7-9-15-21(19)22-16-10-8-14-20(18)22/h1-3,5-10,12-16H,4,11H2/b2-1-,5-3-,12-6-. The minimum absolute atomic E-state index is 0.968. The second-order valence-electron chi connectivity index (χ2n) is 5.68. The highest BCUT2D eigenvalue weighted by molar-refractivity contribution is 6.12. The Morgan fingerprint density at radius 3 is 2.05 bits per heavy atom. The van der Waals surface area contributed by atoms with Crippen molar-refractivity contribution in [3.05, 3.63) is 90.0 Å². The van der Waals surface area contributed by atoms with Crippen LogP contribution in [0.2, 0.25) is 0 Å². The van der Waals surface area contributed by atoms with Crippen LogP contribution >= 0.6 is 0 Å². The molecule has 0 aliphatic heterocycles. The number of hydrogen-bond acceptors (Lipinski definition) is 0. The fourth-order valence-corrected chi connectivity index (χ4v) is 3.34. The van der Waals surface area contributed by atoms with Crippen LogP contribution in [0.1, 0.15) is 17.5 Å². The van der Waals surface area contributed by atoms with Crippen molar-refractivity contribution >= 4 is 27.6 Å². The van der Waals surface area contributed by atoms with Crippen LogP contribution in [0.4, 0.5) is 0 Å². The summed E-state index contributed by atoms with van der Waals surface area (Å²) in [6.45, 7) is 0. The lowest BCUT2D eigenvalue weighted by Crippen LogP contribution is -1.93. The summed E-state index contributed by atoms with van der Waals surface area (Å²) in [5, 5.41) is 5.42. The molecule has 0 saturated heterocycles. The zero-order valence-electron chi connectivity index (χ0n) is 12.5. The molecule has 1 aliphatic carbocycles. The van der Waals surface area contributed by atoms with E-state index in [0.29, 0.717) is 0 Å². The Bertz CT molecular complexity index is 923. The Morgan fingerprint density at radius 1 is 0.591 bits per heavy atom. The van der Waals surface area contributed by atoms with Crippen molar-refractivity contribution in [1.29, 1.82) is 0 Å². The van der Waals surface area contributed by atoms with Crippen molar-refractivity contribution in [1.82, 2.24) is 0 Å². The van der Waals surface area contributed by atoms with Gasteiger partial charge in [-0.3, -0.25) is 0 Å². The molecule has 0 radical (unpaired) electrons. The topological polar surface area (TPSA) is 0 Å². The molecule has 0 spiro atoms. The molecule has 4 rings (SSSR count). The van der Waals surface area contributed by atoms with Crippen molar-refractivity contribution in [2.24, 2.45) is 0 Å². The SMILES string of the molecule is C1=C\C/C=C\c2c(c3ccccc3c3ccccc23)C\C=C/1. The Morgan fingerprint density at radius 2 is 1.23 bits per heavy atom. The molecule has 0 aromatic heterocycles. The molecule has 0 amide bonds. The van der Waals surface area contributed by atoms with Crippen molar-refractivity contribution < 1.29 is 0 Å². The molecular weight excluding hydrogens is 264 g/mol. The third-order valence-electron chi connectivity index (χ3n) is 4.35. The van der Waals surface area contributed by atoms with E-state index in [1.807, 2.05) is 0 Å². The van der Waals surface area contributed by atoms with Crippen LogP contribution in [0.25, 0.3) is 27.6 Å². The van der Waals surface area contributed by atoms with Gasteiger partial charge in [-0.25, -0.2) is 0 Å². The molecule has 3 aromatic carbocycles. The molecule has 0 heteroatoms. The van der Waals surface area contributed by atoms with E-state index in [1.165, 1.54) is 32.7 Å². The van der Waals surface area contributed by atoms with E-state index in [9.17, 15) is 0 Å². The molecule has 0 nitrogen and oxygen atoms in total. The zero-order valence-corrected chi connectivity index (χ0v) is 12.5. The summed E-state index contributed by atoms with van der Waals surface area (Å²) in [5.41, 5.74) is 2.80. The lowest BCUT2D eigenvalue weighted by atomic mass is 9.89. The summed E-state index contributed by atoms with van der Waals surface area (Å²) in [5.74, 6) is 0. The Balaban J connectivity index is 2.15. The fourth-order valence-electron chi connectivity index (χ4n) is 3.34. The van der Waals surface area contributed by atoms with Crippen molar-refractivity contribution in [3.63, 3.8) is 0 Å². The lowest BCUT2D eigenvalue weighted by Gasteiger charge is -2.14. The van der Waals surface area contributed by atoms with Gasteiger partial charge in [0.1, 0.15) is 0 Å². The second kappa shape index (κ2) is 5.65. The summed E-state index contributed by atoms with van der Waals surface area (Å²) < 4.78 is 0. The van der Waals surface area contributed by atoms with Gasteiger partial charge in [0, 0.05) is 0 Å². The van der Waals surface area contributed by atoms with Gasteiger partial charge in [-0.05, 0) is 45.5 Å². The minimum Gasteiger partial charge on any atom is -0.0807 e. The molecular formula is C22H18. The Hall–Kier alpha value is -2.60. The van der Waals surface area contributed by atoms with Crippen molar-refractivity contribution in [3.8, 4) is 0 Å². The van der Waals surface area contributed by atoms with Crippen LogP contribution in [0.5, 0.6) is 0 Å². The molecule has 0 fully saturated rings. The molecule has 0 heterocycles. The Labute approximate surface area is 131 Å². The number of rotatable bonds is 0. The molecule has 0 saturated carbocycles. The number of fused-ring (bicyclic) bond motifs is 6. The lowest BCUT2D eigenvalue weighted by molar-refractivity contribution is 1.29. The molecule has 0 unspecified atom stereocenters. The highest BCUT2D eigenvalue weighted by Gasteiger charge is 2.11. The normalized spacial score (nSPS) is 18.7. The number of benzene rings is 3. The number of hydrogen-bond donors (Lipinski definition) is 0. The van der Waals surface area contributed by atoms with E-state index < -0.39 is 0 Å². The van der Waals surface area contributed by atoms with Gasteiger partial charge >= 0.3 is 0 Å². The first-order chi connectivity index (χ1) is 10.9. The van der Waals surface area contributed by atoms with Gasteiger partial charge < -0.3 is 0 Å². The molecule has 106 valence electrons. The molecule has 0 atom stereocenters. The third kappa shape index (κ3) is 2.17. The summed E-state index contributed by atoms with van der Waals surface area (Å²) in [7, 11) is 0. The van der Waals surface area contributed by atoms with Gasteiger partial charge in [-0.2, -0.15) is 0 Å². The molecule has 22 heavy (non-hydrogen) atoms. The maximum absolute atomic E-state index is 2.30. The zero-order chi connectivity index (χ0) is 14.8. The second-order valence-corrected chi connectivity index (χ2v) is 5.68. The third-order valence-corrected chi connectivity index (χ3v) is 4.35. The average molecular weight is 282 g/mol. The summed E-state index contributed by atoms with van der Waals surface area (Å²) >= 11 is 0. The summed E-state index contributed by atoms with van der Waals surface area (Å²) in [6, 6.07) is 17.5. The minimum atomic E-state index is 0.968. The van der Waals surface area contributed by atoms with Gasteiger partial charge in [0.05, 0.1) is 0 Å². The molecule has 3 aromatic rings. The van der Waals surface area contributed by atoms with Gasteiger partial charge in [0.25, 0.3) is 0 Å². The van der Waals surface area contributed by atoms with E-state index in [4.69, 9.17) is 0 Å². The monoisotopic (exact) mass is 282 g/mol. The van der Waals surface area contributed by atoms with Crippen LogP contribution in [0.15, 0.2) is 78.9 Å². The first-order valence-corrected chi connectivity index (χ1v) is 7.86. The van der Waals surface area contributed by atoms with Crippen molar-refractivity contribution in [2.75, 3.05) is 0 Å². The highest BCUT2D eigenvalue weighted by atomic mass is 14.1. The Kier molecular flexibility index (Phi) is 3.36. The van der Waals surface area contributed by atoms with Gasteiger partial charge in [-0.1, -0.05) is 85.0 Å². The molecule has 0 bridgehead atoms. The van der Waals surface area contributed by atoms with Crippen molar-refractivity contribution in [2.45, 2.75) is 12.8 Å². The summed E-state index contributed by atoms with van der Waals surface area (Å²) in [6.07, 6.45) is 15.3. The van der Waals surface area contributed by atoms with E-state index in [1.54, 1.807) is 0 Å². The predicted molar refractivity (Wildman–Crippen MR) is 97.1 cm³/mol. The molecule has 0 N–H and O–H groups in total. The van der Waals surface area contributed by atoms with Gasteiger partial charge in [0.2, 0.25) is 0 Å². The largest absolute Gasteiger partial charge is 0.0807 e. The van der Waals surface area contributed by atoms with E-state index in [0.717, 1.165) is 12.8 Å². The summed E-state index contributed by atoms with van der Waals surface area (Å²) in [4.78, 5) is 0. The first kappa shape index (κ1) is 13.1.